The molecule has 0 spiro atoms. The number of aromatic nitrogens is 2. The number of nitrogens with zero attached hydrogens (tertiary/aromatic N) is 2. The van der Waals surface area contributed by atoms with Gasteiger partial charge < -0.3 is 9.88 Å². The maximum Gasteiger partial charge on any atom is 0.106 e. The second-order valence-electron chi connectivity index (χ2n) is 6.36. The average molecular weight is 271 g/mol. The van der Waals surface area contributed by atoms with Crippen LogP contribution in [0.5, 0.6) is 0 Å². The lowest BCUT2D eigenvalue weighted by atomic mass is 9.87. The molecule has 1 aromatic heterocycles. The van der Waals surface area contributed by atoms with Gasteiger partial charge in [-0.25, -0.2) is 4.98 Å². The highest BCUT2D eigenvalue weighted by molar-refractivity contribution is 5.28. The average Bonchev–Trinajstić information content (AvgIpc) is 2.72. The highest BCUT2D eigenvalue weighted by atomic mass is 15.1. The van der Waals surface area contributed by atoms with E-state index in [0.717, 1.165) is 18.9 Å². The lowest BCUT2D eigenvalue weighted by Gasteiger charge is -2.19. The molecule has 0 radical (unpaired) electrons. The standard InChI is InChI=1S/C17H25N3/c1-13-19-11-16(10-18-5)20(13)12-14-6-8-15(9-7-14)17(2,3)4/h6-9,11,18H,10,12H2,1-5H3. The molecule has 0 unspecified atom stereocenters. The lowest BCUT2D eigenvalue weighted by Crippen LogP contribution is -2.13. The Hall–Kier alpha value is -1.61. The Kier molecular flexibility index (Phi) is 4.29. The van der Waals surface area contributed by atoms with Crippen molar-refractivity contribution >= 4 is 0 Å². The van der Waals surface area contributed by atoms with Gasteiger partial charge in [-0.15, -0.1) is 0 Å². The summed E-state index contributed by atoms with van der Waals surface area (Å²) in [5.74, 6) is 1.06. The van der Waals surface area contributed by atoms with Crippen molar-refractivity contribution in [3.05, 3.63) is 53.1 Å². The number of benzene rings is 1. The molecule has 1 N–H and O–H groups in total. The normalized spacial score (nSPS) is 11.8. The van der Waals surface area contributed by atoms with E-state index in [1.165, 1.54) is 16.8 Å². The number of aryl methyl sites for hydroxylation is 1. The van der Waals surface area contributed by atoms with Crippen LogP contribution in [0, 0.1) is 6.92 Å². The van der Waals surface area contributed by atoms with E-state index in [1.807, 2.05) is 13.2 Å². The van der Waals surface area contributed by atoms with Crippen molar-refractivity contribution in [3.8, 4) is 0 Å². The molecule has 1 aromatic carbocycles. The van der Waals surface area contributed by atoms with E-state index in [9.17, 15) is 0 Å². The van der Waals surface area contributed by atoms with Crippen molar-refractivity contribution in [1.29, 1.82) is 0 Å². The minimum atomic E-state index is 0.209. The van der Waals surface area contributed by atoms with Crippen LogP contribution in [-0.4, -0.2) is 16.6 Å². The van der Waals surface area contributed by atoms with Crippen LogP contribution in [0.4, 0.5) is 0 Å². The number of nitrogens with one attached hydrogen (secondary N) is 1. The maximum atomic E-state index is 4.41. The SMILES string of the molecule is CNCc1cnc(C)n1Cc1ccc(C(C)(C)C)cc1. The largest absolute Gasteiger partial charge is 0.327 e. The smallest absolute Gasteiger partial charge is 0.106 e. The molecule has 0 fully saturated rings. The Morgan fingerprint density at radius 2 is 1.80 bits per heavy atom. The second kappa shape index (κ2) is 5.80. The summed E-state index contributed by atoms with van der Waals surface area (Å²) < 4.78 is 2.27. The highest BCUT2D eigenvalue weighted by Gasteiger charge is 2.13. The van der Waals surface area contributed by atoms with Crippen molar-refractivity contribution in [2.45, 2.75) is 46.2 Å². The van der Waals surface area contributed by atoms with Gasteiger partial charge in [0.05, 0.1) is 5.69 Å². The van der Waals surface area contributed by atoms with Crippen molar-refractivity contribution in [3.63, 3.8) is 0 Å². The summed E-state index contributed by atoms with van der Waals surface area (Å²) >= 11 is 0. The van der Waals surface area contributed by atoms with Crippen LogP contribution >= 0.6 is 0 Å². The summed E-state index contributed by atoms with van der Waals surface area (Å²) in [6.45, 7) is 10.5. The Morgan fingerprint density at radius 3 is 2.35 bits per heavy atom. The number of hydrogen-bond acceptors (Lipinski definition) is 2. The van der Waals surface area contributed by atoms with Gasteiger partial charge in [0.25, 0.3) is 0 Å². The predicted molar refractivity (Wildman–Crippen MR) is 84.0 cm³/mol. The second-order valence-corrected chi connectivity index (χ2v) is 6.36. The van der Waals surface area contributed by atoms with Gasteiger partial charge in [0.1, 0.15) is 5.82 Å². The van der Waals surface area contributed by atoms with Crippen molar-refractivity contribution in [2.75, 3.05) is 7.05 Å². The van der Waals surface area contributed by atoms with Crippen LogP contribution in [0.25, 0.3) is 0 Å². The van der Waals surface area contributed by atoms with Crippen molar-refractivity contribution in [2.24, 2.45) is 0 Å². The zero-order chi connectivity index (χ0) is 14.8. The first-order valence-electron chi connectivity index (χ1n) is 7.17. The fraction of sp³-hybridized carbons (Fsp3) is 0.471. The van der Waals surface area contributed by atoms with Gasteiger partial charge in [0, 0.05) is 19.3 Å². The van der Waals surface area contributed by atoms with Gasteiger partial charge in [-0.1, -0.05) is 45.0 Å². The molecule has 2 rings (SSSR count). The van der Waals surface area contributed by atoms with Crippen molar-refractivity contribution < 1.29 is 0 Å². The molecule has 0 aliphatic carbocycles. The molecule has 0 atom stereocenters. The lowest BCUT2D eigenvalue weighted by molar-refractivity contribution is 0.589. The van der Waals surface area contributed by atoms with E-state index in [0.29, 0.717) is 0 Å². The minimum absolute atomic E-state index is 0.209. The van der Waals surface area contributed by atoms with Crippen LogP contribution < -0.4 is 5.32 Å². The third-order valence-corrected chi connectivity index (χ3v) is 3.66. The van der Waals surface area contributed by atoms with Gasteiger partial charge in [0.15, 0.2) is 0 Å². The Morgan fingerprint density at radius 1 is 1.15 bits per heavy atom. The number of rotatable bonds is 4. The monoisotopic (exact) mass is 271 g/mol. The third-order valence-electron chi connectivity index (χ3n) is 3.66. The van der Waals surface area contributed by atoms with Gasteiger partial charge in [-0.2, -0.15) is 0 Å². The zero-order valence-electron chi connectivity index (χ0n) is 13.2. The summed E-state index contributed by atoms with van der Waals surface area (Å²) in [6, 6.07) is 8.92. The maximum absolute atomic E-state index is 4.41. The van der Waals surface area contributed by atoms with Crippen LogP contribution in [-0.2, 0) is 18.5 Å². The summed E-state index contributed by atoms with van der Waals surface area (Å²) in [5.41, 5.74) is 4.13. The van der Waals surface area contributed by atoms with E-state index in [2.05, 4.69) is 66.8 Å². The van der Waals surface area contributed by atoms with Crippen LogP contribution in [0.1, 0.15) is 43.4 Å². The molecule has 2 aromatic rings. The molecule has 20 heavy (non-hydrogen) atoms. The Bertz CT molecular complexity index is 559. The first kappa shape index (κ1) is 14.8. The Labute approximate surface area is 122 Å². The Balaban J connectivity index is 2.20. The topological polar surface area (TPSA) is 29.9 Å². The fourth-order valence-corrected chi connectivity index (χ4v) is 2.35. The van der Waals surface area contributed by atoms with Gasteiger partial charge >= 0.3 is 0 Å². The van der Waals surface area contributed by atoms with Crippen LogP contribution in [0.3, 0.4) is 0 Å². The molecule has 3 heteroatoms. The molecule has 1 heterocycles. The third kappa shape index (κ3) is 3.28. The van der Waals surface area contributed by atoms with E-state index in [-0.39, 0.29) is 5.41 Å². The zero-order valence-corrected chi connectivity index (χ0v) is 13.2. The summed E-state index contributed by atoms with van der Waals surface area (Å²) in [7, 11) is 1.96. The molecule has 0 aliphatic rings. The molecular weight excluding hydrogens is 246 g/mol. The predicted octanol–water partition coefficient (Wildman–Crippen LogP) is 3.26. The molecule has 0 saturated heterocycles. The number of hydrogen-bond donors (Lipinski definition) is 1. The molecular formula is C17H25N3. The van der Waals surface area contributed by atoms with Crippen LogP contribution in [0.15, 0.2) is 30.5 Å². The molecule has 0 amide bonds. The van der Waals surface area contributed by atoms with E-state index < -0.39 is 0 Å². The summed E-state index contributed by atoms with van der Waals surface area (Å²) in [6.07, 6.45) is 1.95. The quantitative estimate of drug-likeness (QED) is 0.925. The summed E-state index contributed by atoms with van der Waals surface area (Å²) in [5, 5.41) is 3.19. The molecule has 0 saturated carbocycles. The molecule has 0 bridgehead atoms. The number of imidazole rings is 1. The molecule has 3 nitrogen and oxygen atoms in total. The van der Waals surface area contributed by atoms with Crippen LogP contribution in [0.2, 0.25) is 0 Å². The molecule has 108 valence electrons. The first-order valence-corrected chi connectivity index (χ1v) is 7.17. The van der Waals surface area contributed by atoms with Gasteiger partial charge in [-0.05, 0) is 30.5 Å². The van der Waals surface area contributed by atoms with Gasteiger partial charge in [-0.3, -0.25) is 0 Å². The van der Waals surface area contributed by atoms with Crippen molar-refractivity contribution in [1.82, 2.24) is 14.9 Å². The van der Waals surface area contributed by atoms with Gasteiger partial charge in [0.2, 0.25) is 0 Å². The van der Waals surface area contributed by atoms with E-state index in [4.69, 9.17) is 0 Å². The minimum Gasteiger partial charge on any atom is -0.327 e. The van der Waals surface area contributed by atoms with E-state index in [1.54, 1.807) is 0 Å². The van der Waals surface area contributed by atoms with E-state index >= 15 is 0 Å². The fourth-order valence-electron chi connectivity index (χ4n) is 2.35. The highest BCUT2D eigenvalue weighted by Crippen LogP contribution is 2.22. The summed E-state index contributed by atoms with van der Waals surface area (Å²) in [4.78, 5) is 4.41. The molecule has 0 aliphatic heterocycles. The first-order chi connectivity index (χ1) is 9.41.